The lowest BCUT2D eigenvalue weighted by molar-refractivity contribution is 0.0430. The molecule has 0 radical (unpaired) electrons. The molecule has 2 atom stereocenters. The van der Waals surface area contributed by atoms with Crippen molar-refractivity contribution in [3.05, 3.63) is 65.7 Å². The maximum Gasteiger partial charge on any atom is 0.238 e. The fraction of sp³-hybridized carbons (Fsp3) is 0.400. The number of hydrogen-bond acceptors (Lipinski definition) is 4. The van der Waals surface area contributed by atoms with E-state index in [4.69, 9.17) is 4.74 Å². The summed E-state index contributed by atoms with van der Waals surface area (Å²) >= 11 is 0. The Labute approximate surface area is 155 Å². The highest BCUT2D eigenvalue weighted by Gasteiger charge is 2.38. The smallest absolute Gasteiger partial charge is 0.238 e. The van der Waals surface area contributed by atoms with Crippen LogP contribution < -0.4 is 9.62 Å². The van der Waals surface area contributed by atoms with Crippen LogP contribution >= 0.6 is 0 Å². The Morgan fingerprint density at radius 1 is 1.08 bits per heavy atom. The van der Waals surface area contributed by atoms with E-state index in [1.165, 1.54) is 0 Å². The molecule has 1 fully saturated rings. The molecule has 2 aliphatic rings. The van der Waals surface area contributed by atoms with E-state index in [-0.39, 0.29) is 17.9 Å². The predicted molar refractivity (Wildman–Crippen MR) is 103 cm³/mol. The van der Waals surface area contributed by atoms with E-state index >= 15 is 0 Å². The molecule has 1 saturated heterocycles. The zero-order valence-electron chi connectivity index (χ0n) is 14.7. The van der Waals surface area contributed by atoms with Gasteiger partial charge < -0.3 is 10.1 Å². The number of anilines is 1. The number of para-hydroxylation sites is 1. The first-order valence-electron chi connectivity index (χ1n) is 9.10. The largest absolute Gasteiger partial charge is 0.374 e. The second-order valence-electron chi connectivity index (χ2n) is 6.95. The minimum Gasteiger partial charge on any atom is -0.374 e. The number of morpholine rings is 1. The van der Waals surface area contributed by atoms with E-state index in [1.807, 2.05) is 42.5 Å². The first kappa shape index (κ1) is 17.5. The Balaban J connectivity index is 1.62. The zero-order valence-corrected chi connectivity index (χ0v) is 15.5. The first-order chi connectivity index (χ1) is 12.6. The summed E-state index contributed by atoms with van der Waals surface area (Å²) in [6.45, 7) is 1.92. The van der Waals surface area contributed by atoms with Gasteiger partial charge in [-0.05, 0) is 30.0 Å². The van der Waals surface area contributed by atoms with Crippen LogP contribution in [0.15, 0.2) is 54.6 Å². The zero-order chi connectivity index (χ0) is 18.0. The quantitative estimate of drug-likeness (QED) is 0.872. The Morgan fingerprint density at radius 2 is 1.85 bits per heavy atom. The summed E-state index contributed by atoms with van der Waals surface area (Å²) < 4.78 is 33.9. The molecule has 2 aliphatic heterocycles. The van der Waals surface area contributed by atoms with Gasteiger partial charge in [-0.25, -0.2) is 8.42 Å². The van der Waals surface area contributed by atoms with Crippen molar-refractivity contribution in [2.75, 3.05) is 29.8 Å². The van der Waals surface area contributed by atoms with Crippen molar-refractivity contribution in [3.63, 3.8) is 0 Å². The third-order valence-corrected chi connectivity index (χ3v) is 6.92. The summed E-state index contributed by atoms with van der Waals surface area (Å²) in [5.41, 5.74) is 3.07. The molecule has 5 nitrogen and oxygen atoms in total. The normalized spacial score (nSPS) is 23.0. The van der Waals surface area contributed by atoms with Gasteiger partial charge in [-0.2, -0.15) is 0 Å². The molecular weight excluding hydrogens is 348 g/mol. The number of benzene rings is 2. The SMILES string of the molecule is O=S(=O)(CC1CNCCO1)N1c2ccccc2CC1Cc1ccccc1. The van der Waals surface area contributed by atoms with Crippen LogP contribution in [0.2, 0.25) is 0 Å². The molecular formula is C20H24N2O3S. The standard InChI is InChI=1S/C20H24N2O3S/c23-26(24,15-19-14-21-10-11-25-19)22-18(12-16-6-2-1-3-7-16)13-17-8-4-5-9-20(17)22/h1-9,18-19,21H,10-15H2. The molecule has 2 aromatic carbocycles. The van der Waals surface area contributed by atoms with E-state index in [2.05, 4.69) is 17.4 Å². The van der Waals surface area contributed by atoms with Crippen LogP contribution in [0.5, 0.6) is 0 Å². The summed E-state index contributed by atoms with van der Waals surface area (Å²) in [4.78, 5) is 0. The summed E-state index contributed by atoms with van der Waals surface area (Å²) in [6, 6.07) is 17.8. The van der Waals surface area contributed by atoms with Crippen molar-refractivity contribution in [2.45, 2.75) is 25.0 Å². The maximum absolute atomic E-state index is 13.3. The van der Waals surface area contributed by atoms with Gasteiger partial charge in [0.1, 0.15) is 0 Å². The highest BCUT2D eigenvalue weighted by Crippen LogP contribution is 2.36. The van der Waals surface area contributed by atoms with Gasteiger partial charge in [0.2, 0.25) is 10.0 Å². The Bertz CT molecular complexity index is 848. The molecule has 1 N–H and O–H groups in total. The van der Waals surface area contributed by atoms with Gasteiger partial charge >= 0.3 is 0 Å². The van der Waals surface area contributed by atoms with Crippen LogP contribution in [0.3, 0.4) is 0 Å². The lowest BCUT2D eigenvalue weighted by atomic mass is 10.0. The monoisotopic (exact) mass is 372 g/mol. The second kappa shape index (κ2) is 7.39. The van der Waals surface area contributed by atoms with E-state index in [0.29, 0.717) is 19.6 Å². The van der Waals surface area contributed by atoms with E-state index in [1.54, 1.807) is 4.31 Å². The molecule has 0 amide bonds. The third kappa shape index (κ3) is 3.63. The van der Waals surface area contributed by atoms with Crippen LogP contribution in [0, 0.1) is 0 Å². The van der Waals surface area contributed by atoms with Gasteiger partial charge in [-0.15, -0.1) is 0 Å². The van der Waals surface area contributed by atoms with Crippen LogP contribution in [0.4, 0.5) is 5.69 Å². The van der Waals surface area contributed by atoms with Crippen LogP contribution in [-0.2, 0) is 27.6 Å². The Hall–Kier alpha value is -1.89. The summed E-state index contributed by atoms with van der Waals surface area (Å²) in [5.74, 6) is 0.0135. The summed E-state index contributed by atoms with van der Waals surface area (Å²) in [7, 11) is -3.47. The minimum absolute atomic E-state index is 0.0135. The van der Waals surface area contributed by atoms with Crippen molar-refractivity contribution in [2.24, 2.45) is 0 Å². The highest BCUT2D eigenvalue weighted by atomic mass is 32.2. The molecule has 0 aromatic heterocycles. The molecule has 0 aliphatic carbocycles. The number of nitrogens with one attached hydrogen (secondary N) is 1. The van der Waals surface area contributed by atoms with E-state index < -0.39 is 10.0 Å². The summed E-state index contributed by atoms with van der Waals surface area (Å²) in [5, 5.41) is 3.21. The molecule has 6 heteroatoms. The van der Waals surface area contributed by atoms with E-state index in [0.717, 1.165) is 29.8 Å². The first-order valence-corrected chi connectivity index (χ1v) is 10.7. The molecule has 138 valence electrons. The molecule has 0 bridgehead atoms. The minimum atomic E-state index is -3.47. The number of ether oxygens (including phenoxy) is 1. The van der Waals surface area contributed by atoms with Crippen molar-refractivity contribution in [3.8, 4) is 0 Å². The summed E-state index contributed by atoms with van der Waals surface area (Å²) in [6.07, 6.45) is 1.16. The van der Waals surface area contributed by atoms with Gasteiger partial charge in [0.15, 0.2) is 0 Å². The predicted octanol–water partition coefficient (Wildman–Crippen LogP) is 1.98. The van der Waals surface area contributed by atoms with Crippen LogP contribution in [-0.4, -0.2) is 46.0 Å². The van der Waals surface area contributed by atoms with Crippen LogP contribution in [0.1, 0.15) is 11.1 Å². The molecule has 0 saturated carbocycles. The number of sulfonamides is 1. The molecule has 2 heterocycles. The van der Waals surface area contributed by atoms with Crippen molar-refractivity contribution >= 4 is 15.7 Å². The molecule has 0 spiro atoms. The topological polar surface area (TPSA) is 58.6 Å². The molecule has 4 rings (SSSR count). The number of fused-ring (bicyclic) bond motifs is 1. The Kier molecular flexibility index (Phi) is 4.98. The van der Waals surface area contributed by atoms with Crippen molar-refractivity contribution in [1.29, 1.82) is 0 Å². The lowest BCUT2D eigenvalue weighted by Crippen LogP contribution is -2.47. The number of rotatable bonds is 5. The van der Waals surface area contributed by atoms with E-state index in [9.17, 15) is 8.42 Å². The van der Waals surface area contributed by atoms with Crippen molar-refractivity contribution in [1.82, 2.24) is 5.32 Å². The van der Waals surface area contributed by atoms with Gasteiger partial charge in [0, 0.05) is 13.1 Å². The molecule has 26 heavy (non-hydrogen) atoms. The molecule has 2 unspecified atom stereocenters. The van der Waals surface area contributed by atoms with Gasteiger partial charge in [0.25, 0.3) is 0 Å². The number of hydrogen-bond donors (Lipinski definition) is 1. The lowest BCUT2D eigenvalue weighted by Gasteiger charge is -2.30. The fourth-order valence-electron chi connectivity index (χ4n) is 3.89. The molecule has 2 aromatic rings. The van der Waals surface area contributed by atoms with Gasteiger partial charge in [-0.1, -0.05) is 48.5 Å². The third-order valence-electron chi connectivity index (χ3n) is 5.03. The van der Waals surface area contributed by atoms with Crippen molar-refractivity contribution < 1.29 is 13.2 Å². The second-order valence-corrected chi connectivity index (χ2v) is 8.84. The van der Waals surface area contributed by atoms with Crippen LogP contribution in [0.25, 0.3) is 0 Å². The number of nitrogens with zero attached hydrogens (tertiary/aromatic N) is 1. The maximum atomic E-state index is 13.3. The fourth-order valence-corrected chi connectivity index (χ4v) is 5.82. The average molecular weight is 372 g/mol. The van der Waals surface area contributed by atoms with Gasteiger partial charge in [-0.3, -0.25) is 4.31 Å². The highest BCUT2D eigenvalue weighted by molar-refractivity contribution is 7.92. The Morgan fingerprint density at radius 3 is 2.62 bits per heavy atom. The average Bonchev–Trinajstić information content (AvgIpc) is 3.01. The van der Waals surface area contributed by atoms with Gasteiger partial charge in [0.05, 0.1) is 30.2 Å².